The fourth-order valence-electron chi connectivity index (χ4n) is 3.84. The number of fused-ring (bicyclic) bond motifs is 1. The Morgan fingerprint density at radius 3 is 2.47 bits per heavy atom. The molecule has 1 amide bonds. The van der Waals surface area contributed by atoms with Gasteiger partial charge in [-0.1, -0.05) is 50.9 Å². The summed E-state index contributed by atoms with van der Waals surface area (Å²) in [6.45, 7) is 11.5. The van der Waals surface area contributed by atoms with E-state index in [4.69, 9.17) is 11.6 Å². The zero-order valence-electron chi connectivity index (χ0n) is 25.5. The largest absolute Gasteiger partial charge is 0.405 e. The van der Waals surface area contributed by atoms with E-state index in [0.717, 1.165) is 40.3 Å². The van der Waals surface area contributed by atoms with Gasteiger partial charge in [-0.15, -0.1) is 0 Å². The molecular weight excluding hydrogens is 581 g/mol. The fraction of sp³-hybridized carbons (Fsp3) is 0.294. The van der Waals surface area contributed by atoms with Gasteiger partial charge in [-0.05, 0) is 106 Å². The highest BCUT2D eigenvalue weighted by atomic mass is 35.5. The summed E-state index contributed by atoms with van der Waals surface area (Å²) in [7, 11) is 0. The molecule has 6 nitrogen and oxygen atoms in total. The van der Waals surface area contributed by atoms with Gasteiger partial charge in [0.25, 0.3) is 5.91 Å². The van der Waals surface area contributed by atoms with E-state index in [1.807, 2.05) is 66.7 Å². The summed E-state index contributed by atoms with van der Waals surface area (Å²) in [5, 5.41) is 3.57. The van der Waals surface area contributed by atoms with E-state index in [-0.39, 0.29) is 11.7 Å². The van der Waals surface area contributed by atoms with Crippen molar-refractivity contribution in [3.05, 3.63) is 102 Å². The summed E-state index contributed by atoms with van der Waals surface area (Å²) in [6.07, 6.45) is 9.53. The minimum atomic E-state index is -0.151. The van der Waals surface area contributed by atoms with Crippen molar-refractivity contribution in [2.75, 3.05) is 21.9 Å². The highest BCUT2D eigenvalue weighted by molar-refractivity contribution is 8.00. The van der Waals surface area contributed by atoms with Crippen LogP contribution < -0.4 is 15.4 Å². The van der Waals surface area contributed by atoms with Crippen LogP contribution in [0.25, 0.3) is 22.3 Å². The van der Waals surface area contributed by atoms with Crippen molar-refractivity contribution in [3.63, 3.8) is 0 Å². The van der Waals surface area contributed by atoms with Gasteiger partial charge in [-0.2, -0.15) is 0 Å². The molecule has 0 aliphatic carbocycles. The predicted octanol–water partition coefficient (Wildman–Crippen LogP) is 10.2. The number of nitrogens with zero attached hydrogens (tertiary/aromatic N) is 2. The lowest BCUT2D eigenvalue weighted by molar-refractivity contribution is 0.102. The number of nitrogens with one attached hydrogen (secondary N) is 2. The number of allylic oxidation sites excluding steroid dienone is 2. The van der Waals surface area contributed by atoms with Crippen molar-refractivity contribution in [3.8, 4) is 11.3 Å². The summed E-state index contributed by atoms with van der Waals surface area (Å²) in [5.74, 6) is 0.875. The first kappa shape index (κ1) is 35.4. The Morgan fingerprint density at radius 1 is 1.14 bits per heavy atom. The summed E-state index contributed by atoms with van der Waals surface area (Å²) < 4.78 is 13.6. The molecule has 1 aliphatic rings. The van der Waals surface area contributed by atoms with Crippen LogP contribution in [0.15, 0.2) is 91.5 Å². The smallest absolute Gasteiger partial charge is 0.255 e. The maximum Gasteiger partial charge on any atom is 0.255 e. The summed E-state index contributed by atoms with van der Waals surface area (Å²) in [4.78, 5) is 20.7. The zero-order valence-corrected chi connectivity index (χ0v) is 27.1. The highest BCUT2D eigenvalue weighted by Crippen LogP contribution is 2.31. The number of carbonyl (C=O) groups is 1. The van der Waals surface area contributed by atoms with Gasteiger partial charge in [0.2, 0.25) is 0 Å². The molecule has 5 rings (SSSR count). The van der Waals surface area contributed by atoms with Gasteiger partial charge < -0.3 is 20.3 Å². The average Bonchev–Trinajstić information content (AvgIpc) is 3.31. The molecule has 0 radical (unpaired) electrons. The van der Waals surface area contributed by atoms with Crippen LogP contribution in [-0.2, 0) is 0 Å². The van der Waals surface area contributed by atoms with Crippen LogP contribution in [0.5, 0.6) is 0 Å². The van der Waals surface area contributed by atoms with Crippen molar-refractivity contribution in [1.82, 2.24) is 9.97 Å². The van der Waals surface area contributed by atoms with Crippen LogP contribution in [0, 0.1) is 0 Å². The molecular formula is C34H43ClFN5OS. The molecule has 9 heteroatoms. The minimum absolute atomic E-state index is 0.120. The third-order valence-corrected chi connectivity index (χ3v) is 7.48. The molecule has 0 unspecified atom stereocenters. The summed E-state index contributed by atoms with van der Waals surface area (Å²) in [6, 6.07) is 19.1. The second-order valence-corrected chi connectivity index (χ2v) is 11.1. The van der Waals surface area contributed by atoms with Crippen LogP contribution in [0.4, 0.5) is 15.8 Å². The number of aromatic amines is 1. The van der Waals surface area contributed by atoms with E-state index in [1.165, 1.54) is 44.9 Å². The number of halogens is 2. The summed E-state index contributed by atoms with van der Waals surface area (Å²) >= 11 is 8.31. The Bertz CT molecular complexity index is 1440. The first-order chi connectivity index (χ1) is 20.8. The monoisotopic (exact) mass is 623 g/mol. The quantitative estimate of drug-likeness (QED) is 0.197. The Hall–Kier alpha value is -3.75. The first-order valence-electron chi connectivity index (χ1n) is 14.4. The number of rotatable bonds is 4. The second kappa shape index (κ2) is 19.4. The number of anilines is 2. The predicted molar refractivity (Wildman–Crippen MR) is 185 cm³/mol. The average molecular weight is 624 g/mol. The molecule has 2 aromatic carbocycles. The number of amides is 1. The fourth-order valence-corrected chi connectivity index (χ4v) is 5.14. The molecule has 3 heterocycles. The number of aromatic nitrogens is 2. The van der Waals surface area contributed by atoms with Gasteiger partial charge in [0.15, 0.2) is 0 Å². The number of H-pyrrole nitrogens is 1. The summed E-state index contributed by atoms with van der Waals surface area (Å²) in [5.41, 5.74) is 10.4. The third-order valence-electron chi connectivity index (χ3n) is 5.97. The van der Waals surface area contributed by atoms with Gasteiger partial charge in [0.05, 0.1) is 27.6 Å². The van der Waals surface area contributed by atoms with E-state index in [1.54, 1.807) is 19.1 Å². The van der Waals surface area contributed by atoms with Crippen molar-refractivity contribution in [2.45, 2.75) is 53.4 Å². The molecule has 0 saturated carbocycles. The lowest BCUT2D eigenvalue weighted by atomic mass is 10.1. The third kappa shape index (κ3) is 11.8. The highest BCUT2D eigenvalue weighted by Gasteiger charge is 2.14. The number of carbonyl (C=O) groups excluding carboxylic acids is 1. The Labute approximate surface area is 264 Å². The number of hydrogen-bond acceptors (Lipinski definition) is 5. The van der Waals surface area contributed by atoms with E-state index in [9.17, 15) is 9.18 Å². The van der Waals surface area contributed by atoms with Gasteiger partial charge in [0, 0.05) is 41.0 Å². The molecule has 4 N–H and O–H groups in total. The molecule has 0 spiro atoms. The maximum atomic E-state index is 12.8. The van der Waals surface area contributed by atoms with Crippen LogP contribution in [0.2, 0.25) is 5.02 Å². The van der Waals surface area contributed by atoms with Crippen molar-refractivity contribution >= 4 is 51.9 Å². The Morgan fingerprint density at radius 2 is 1.81 bits per heavy atom. The lowest BCUT2D eigenvalue weighted by Crippen LogP contribution is -2.15. The number of benzene rings is 2. The van der Waals surface area contributed by atoms with Gasteiger partial charge in [0.1, 0.15) is 0 Å². The molecule has 0 bridgehead atoms. The number of hydrogen-bond donors (Lipinski definition) is 3. The molecule has 230 valence electrons. The van der Waals surface area contributed by atoms with Crippen molar-refractivity contribution in [2.24, 2.45) is 5.73 Å². The van der Waals surface area contributed by atoms with Gasteiger partial charge in [-0.3, -0.25) is 4.79 Å². The van der Waals surface area contributed by atoms with E-state index >= 15 is 0 Å². The molecule has 1 fully saturated rings. The minimum Gasteiger partial charge on any atom is -0.405 e. The second-order valence-electron chi connectivity index (χ2n) is 9.62. The molecule has 43 heavy (non-hydrogen) atoms. The SMILES string of the molecule is C/C=C(\C)F.C=CN.CCC.O=C(Nc1ccc(Cl)c(-c2ccc3[nH]ccc3n2)c1)c1ccc(N2CCCCCS2)cc1. The topological polar surface area (TPSA) is 87.0 Å². The van der Waals surface area contributed by atoms with E-state index in [0.29, 0.717) is 16.3 Å². The van der Waals surface area contributed by atoms with E-state index < -0.39 is 0 Å². The van der Waals surface area contributed by atoms with Crippen molar-refractivity contribution in [1.29, 1.82) is 0 Å². The van der Waals surface area contributed by atoms with E-state index in [2.05, 4.69) is 45.8 Å². The molecule has 1 saturated heterocycles. The normalized spacial score (nSPS) is 12.8. The van der Waals surface area contributed by atoms with Crippen LogP contribution in [0.1, 0.15) is 63.7 Å². The maximum absolute atomic E-state index is 12.8. The standard InChI is InChI=1S/C25H23ClN4OS.C4H7F.C3H8.C2H5N/c26-21-9-6-18(16-20(21)22-10-11-23-24(29-22)12-13-27-23)28-25(31)17-4-7-19(8-5-17)30-14-2-1-3-15-32-30;1-3-4(2)5;1-3-2;1-2-3/h4-13,16,27H,1-3,14-15H2,(H,28,31);3H,1-2H3;3H2,1-2H3;2H,1,3H2/b;4-3+;;. The Kier molecular flexibility index (Phi) is 16.0. The van der Waals surface area contributed by atoms with Crippen molar-refractivity contribution < 1.29 is 9.18 Å². The molecule has 1 aliphatic heterocycles. The molecule has 4 aromatic rings. The lowest BCUT2D eigenvalue weighted by Gasteiger charge is -2.21. The van der Waals surface area contributed by atoms with Crippen LogP contribution in [-0.4, -0.2) is 28.2 Å². The van der Waals surface area contributed by atoms with Gasteiger partial charge >= 0.3 is 0 Å². The van der Waals surface area contributed by atoms with Gasteiger partial charge in [-0.25, -0.2) is 9.37 Å². The number of pyridine rings is 1. The first-order valence-corrected chi connectivity index (χ1v) is 15.8. The molecule has 2 aromatic heterocycles. The number of nitrogens with two attached hydrogens (primary N) is 1. The zero-order chi connectivity index (χ0) is 31.6. The van der Waals surface area contributed by atoms with Crippen LogP contribution in [0.3, 0.4) is 0 Å². The Balaban J connectivity index is 0.000000510. The van der Waals surface area contributed by atoms with Crippen LogP contribution >= 0.6 is 23.5 Å². The molecule has 0 atom stereocenters.